The van der Waals surface area contributed by atoms with Crippen molar-refractivity contribution in [3.8, 4) is 0 Å². The second kappa shape index (κ2) is 4.09. The van der Waals surface area contributed by atoms with Crippen LogP contribution in [-0.4, -0.2) is 37.5 Å². The lowest BCUT2D eigenvalue weighted by Gasteiger charge is -2.38. The van der Waals surface area contributed by atoms with Crippen molar-refractivity contribution in [2.45, 2.75) is 25.2 Å². The largest absolute Gasteiger partial charge is 0.311 e. The zero-order valence-corrected chi connectivity index (χ0v) is 11.1. The maximum Gasteiger partial charge on any atom is 0.223 e. The van der Waals surface area contributed by atoms with Crippen molar-refractivity contribution < 1.29 is 4.79 Å². The quantitative estimate of drug-likeness (QED) is 0.697. The van der Waals surface area contributed by atoms with Gasteiger partial charge >= 0.3 is 0 Å². The summed E-state index contributed by atoms with van der Waals surface area (Å²) >= 11 is 0. The highest BCUT2D eigenvalue weighted by molar-refractivity contribution is 5.94. The van der Waals surface area contributed by atoms with Crippen LogP contribution in [0.2, 0.25) is 0 Å². The van der Waals surface area contributed by atoms with Crippen LogP contribution in [0.1, 0.15) is 25.3 Å². The minimum Gasteiger partial charge on any atom is -0.311 e. The summed E-state index contributed by atoms with van der Waals surface area (Å²) in [4.78, 5) is 16.2. The molecule has 3 nitrogen and oxygen atoms in total. The summed E-state index contributed by atoms with van der Waals surface area (Å²) in [5.41, 5.74) is 2.72. The van der Waals surface area contributed by atoms with Crippen LogP contribution < -0.4 is 4.90 Å². The first-order valence-electron chi connectivity index (χ1n) is 6.69. The van der Waals surface area contributed by atoms with Crippen LogP contribution in [-0.2, 0) is 10.2 Å². The van der Waals surface area contributed by atoms with Crippen LogP contribution in [0.4, 0.5) is 5.69 Å². The third kappa shape index (κ3) is 1.65. The van der Waals surface area contributed by atoms with E-state index in [0.29, 0.717) is 0 Å². The van der Waals surface area contributed by atoms with Gasteiger partial charge in [0.15, 0.2) is 0 Å². The van der Waals surface area contributed by atoms with Gasteiger partial charge in [-0.3, -0.25) is 4.79 Å². The fourth-order valence-corrected chi connectivity index (χ4v) is 3.39. The van der Waals surface area contributed by atoms with Crippen molar-refractivity contribution in [2.24, 2.45) is 0 Å². The van der Waals surface area contributed by atoms with Gasteiger partial charge in [-0.2, -0.15) is 0 Å². The standard InChI is InChI=1S/C15H20N2O/c1-12(18)17-11-15(7-9-16(2)10-8-15)13-5-3-4-6-14(13)17/h3-6H,7-11H2,1-2H3. The van der Waals surface area contributed by atoms with E-state index in [1.807, 2.05) is 11.0 Å². The van der Waals surface area contributed by atoms with E-state index in [2.05, 4.69) is 30.1 Å². The molecule has 0 N–H and O–H groups in total. The van der Waals surface area contributed by atoms with E-state index in [1.165, 1.54) is 5.56 Å². The summed E-state index contributed by atoms with van der Waals surface area (Å²) in [6.07, 6.45) is 2.31. The predicted molar refractivity (Wildman–Crippen MR) is 72.9 cm³/mol. The van der Waals surface area contributed by atoms with E-state index >= 15 is 0 Å². The molecule has 3 rings (SSSR count). The monoisotopic (exact) mass is 244 g/mol. The molecule has 0 atom stereocenters. The Kier molecular flexibility index (Phi) is 2.67. The van der Waals surface area contributed by atoms with Gasteiger partial charge in [0.25, 0.3) is 0 Å². The fourth-order valence-electron chi connectivity index (χ4n) is 3.39. The number of likely N-dealkylation sites (tertiary alicyclic amines) is 1. The predicted octanol–water partition coefficient (Wildman–Crippen LogP) is 2.02. The third-order valence-corrected chi connectivity index (χ3v) is 4.55. The molecule has 0 saturated carbocycles. The number of para-hydroxylation sites is 1. The minimum atomic E-state index is 0.165. The summed E-state index contributed by atoms with van der Waals surface area (Å²) in [5, 5.41) is 0. The Morgan fingerprint density at radius 2 is 1.89 bits per heavy atom. The molecule has 1 saturated heterocycles. The van der Waals surface area contributed by atoms with Crippen LogP contribution in [0.15, 0.2) is 24.3 Å². The lowest BCUT2D eigenvalue weighted by atomic mass is 9.74. The summed E-state index contributed by atoms with van der Waals surface area (Å²) < 4.78 is 0. The first kappa shape index (κ1) is 11.7. The molecule has 0 aliphatic carbocycles. The number of carbonyl (C=O) groups is 1. The number of nitrogens with zero attached hydrogens (tertiary/aromatic N) is 2. The van der Waals surface area contributed by atoms with Gasteiger partial charge in [0.05, 0.1) is 0 Å². The topological polar surface area (TPSA) is 23.6 Å². The van der Waals surface area contributed by atoms with E-state index in [4.69, 9.17) is 0 Å². The first-order valence-corrected chi connectivity index (χ1v) is 6.69. The Balaban J connectivity index is 2.02. The molecule has 96 valence electrons. The van der Waals surface area contributed by atoms with Gasteiger partial charge in [-0.1, -0.05) is 18.2 Å². The number of rotatable bonds is 0. The molecule has 2 aliphatic heterocycles. The average Bonchev–Trinajstić information content (AvgIpc) is 2.69. The Morgan fingerprint density at radius 3 is 2.56 bits per heavy atom. The van der Waals surface area contributed by atoms with Crippen molar-refractivity contribution >= 4 is 11.6 Å². The van der Waals surface area contributed by atoms with Gasteiger partial charge in [0.1, 0.15) is 0 Å². The summed E-state index contributed by atoms with van der Waals surface area (Å²) in [6.45, 7) is 4.79. The Bertz CT molecular complexity index is 475. The van der Waals surface area contributed by atoms with Crippen LogP contribution >= 0.6 is 0 Å². The number of fused-ring (bicyclic) bond motifs is 2. The van der Waals surface area contributed by atoms with E-state index in [0.717, 1.165) is 38.2 Å². The normalized spacial score (nSPS) is 22.2. The minimum absolute atomic E-state index is 0.165. The number of amides is 1. The average molecular weight is 244 g/mol. The molecule has 1 amide bonds. The molecule has 1 spiro atoms. The van der Waals surface area contributed by atoms with Crippen molar-refractivity contribution in [2.75, 3.05) is 31.6 Å². The fraction of sp³-hybridized carbons (Fsp3) is 0.533. The van der Waals surface area contributed by atoms with E-state index < -0.39 is 0 Å². The van der Waals surface area contributed by atoms with Gasteiger partial charge in [0, 0.05) is 24.6 Å². The van der Waals surface area contributed by atoms with Gasteiger partial charge in [-0.15, -0.1) is 0 Å². The van der Waals surface area contributed by atoms with E-state index in [1.54, 1.807) is 6.92 Å². The van der Waals surface area contributed by atoms with Gasteiger partial charge < -0.3 is 9.80 Å². The summed E-state index contributed by atoms with van der Waals surface area (Å²) in [7, 11) is 2.18. The molecular weight excluding hydrogens is 224 g/mol. The highest BCUT2D eigenvalue weighted by Gasteiger charge is 2.44. The lowest BCUT2D eigenvalue weighted by Crippen LogP contribution is -2.44. The zero-order valence-electron chi connectivity index (χ0n) is 11.1. The van der Waals surface area contributed by atoms with Gasteiger partial charge in [0.2, 0.25) is 5.91 Å². The second-order valence-electron chi connectivity index (χ2n) is 5.71. The lowest BCUT2D eigenvalue weighted by molar-refractivity contribution is -0.116. The summed E-state index contributed by atoms with van der Waals surface area (Å²) in [5.74, 6) is 0.165. The molecule has 3 heteroatoms. The van der Waals surface area contributed by atoms with Gasteiger partial charge in [-0.25, -0.2) is 0 Å². The van der Waals surface area contributed by atoms with Crippen molar-refractivity contribution in [1.29, 1.82) is 0 Å². The molecule has 1 aromatic carbocycles. The first-order chi connectivity index (χ1) is 8.62. The molecule has 18 heavy (non-hydrogen) atoms. The number of carbonyl (C=O) groups excluding carboxylic acids is 1. The number of anilines is 1. The molecule has 2 heterocycles. The highest BCUT2D eigenvalue weighted by Crippen LogP contribution is 2.46. The molecular formula is C15H20N2O. The second-order valence-corrected chi connectivity index (χ2v) is 5.71. The molecule has 1 aromatic rings. The smallest absolute Gasteiger partial charge is 0.223 e. The third-order valence-electron chi connectivity index (χ3n) is 4.55. The van der Waals surface area contributed by atoms with Crippen molar-refractivity contribution in [3.63, 3.8) is 0 Å². The molecule has 2 aliphatic rings. The molecule has 0 radical (unpaired) electrons. The molecule has 0 aromatic heterocycles. The Hall–Kier alpha value is -1.35. The number of hydrogen-bond acceptors (Lipinski definition) is 2. The van der Waals surface area contributed by atoms with Crippen LogP contribution in [0, 0.1) is 0 Å². The number of piperidine rings is 1. The van der Waals surface area contributed by atoms with E-state index in [9.17, 15) is 4.79 Å². The van der Waals surface area contributed by atoms with Gasteiger partial charge in [-0.05, 0) is 44.6 Å². The van der Waals surface area contributed by atoms with E-state index in [-0.39, 0.29) is 11.3 Å². The Labute approximate surface area is 108 Å². The van der Waals surface area contributed by atoms with Crippen molar-refractivity contribution in [1.82, 2.24) is 4.90 Å². The SMILES string of the molecule is CC(=O)N1CC2(CCN(C)CC2)c2ccccc21. The maximum absolute atomic E-state index is 11.8. The number of benzene rings is 1. The van der Waals surface area contributed by atoms with Crippen LogP contribution in [0.5, 0.6) is 0 Å². The summed E-state index contributed by atoms with van der Waals surface area (Å²) in [6, 6.07) is 8.43. The molecule has 0 bridgehead atoms. The maximum atomic E-state index is 11.8. The van der Waals surface area contributed by atoms with Crippen LogP contribution in [0.25, 0.3) is 0 Å². The zero-order chi connectivity index (χ0) is 12.8. The Morgan fingerprint density at radius 1 is 1.22 bits per heavy atom. The molecule has 1 fully saturated rings. The molecule has 0 unspecified atom stereocenters. The number of hydrogen-bond donors (Lipinski definition) is 0. The highest BCUT2D eigenvalue weighted by atomic mass is 16.2. The van der Waals surface area contributed by atoms with Crippen LogP contribution in [0.3, 0.4) is 0 Å². The van der Waals surface area contributed by atoms with Crippen molar-refractivity contribution in [3.05, 3.63) is 29.8 Å².